The van der Waals surface area contributed by atoms with Gasteiger partial charge in [0.1, 0.15) is 30.0 Å². The summed E-state index contributed by atoms with van der Waals surface area (Å²) in [5, 5.41) is 25.1. The molecule has 1 aliphatic heterocycles. The first kappa shape index (κ1) is 52.1. The van der Waals surface area contributed by atoms with Gasteiger partial charge in [0.25, 0.3) is 19.9 Å². The lowest BCUT2D eigenvalue weighted by molar-refractivity contribution is -0.385. The Morgan fingerprint density at radius 1 is 0.781 bits per heavy atom. The van der Waals surface area contributed by atoms with Gasteiger partial charge in [-0.05, 0) is 74.1 Å². The summed E-state index contributed by atoms with van der Waals surface area (Å²) in [6.07, 6.45) is 1.29. The number of nitro groups is 2. The third kappa shape index (κ3) is 12.3. The van der Waals surface area contributed by atoms with Crippen LogP contribution in [0, 0.1) is 20.2 Å². The SMILES string of the molecule is COc1ccc(C(OC[C@H]2O[C@@H](n3cnc4c(NC(=O)OCCc5ccc([N+](=O)[O-])cc5)ncnc43)C[C@@H]2OP(OCCc2ccc([N+](=O)[O-])cc2)N(C(C)C)C(C)C)(c2ccccc2)c2ccccc2)cc1. The molecule has 380 valence electrons. The number of nitrogens with zero attached hydrogens (tertiary/aromatic N) is 7. The van der Waals surface area contributed by atoms with E-state index in [1.807, 2.05) is 84.9 Å². The summed E-state index contributed by atoms with van der Waals surface area (Å²) >= 11 is 0. The molecule has 1 amide bonds. The maximum absolute atomic E-state index is 13.1. The number of aromatic nitrogens is 4. The summed E-state index contributed by atoms with van der Waals surface area (Å²) in [6, 6.07) is 40.4. The number of imidazole rings is 1. The van der Waals surface area contributed by atoms with Gasteiger partial charge in [-0.15, -0.1) is 0 Å². The molecule has 0 bridgehead atoms. The molecular weight excluding hydrogens is 956 g/mol. The largest absolute Gasteiger partial charge is 0.497 e. The maximum atomic E-state index is 13.1. The van der Waals surface area contributed by atoms with Gasteiger partial charge in [-0.1, -0.05) is 97.1 Å². The number of hydrogen-bond donors (Lipinski definition) is 1. The average Bonchev–Trinajstić information content (AvgIpc) is 4.02. The number of rotatable bonds is 23. The van der Waals surface area contributed by atoms with Gasteiger partial charge in [0.15, 0.2) is 17.0 Å². The Kier molecular flexibility index (Phi) is 17.1. The second kappa shape index (κ2) is 24.0. The topological polar surface area (TPSA) is 218 Å². The van der Waals surface area contributed by atoms with Crippen LogP contribution in [0.15, 0.2) is 146 Å². The van der Waals surface area contributed by atoms with Crippen molar-refractivity contribution in [3.05, 3.63) is 194 Å². The number of anilines is 1. The highest BCUT2D eigenvalue weighted by atomic mass is 31.2. The smallest absolute Gasteiger partial charge is 0.412 e. The van der Waals surface area contributed by atoms with Gasteiger partial charge in [0, 0.05) is 49.2 Å². The minimum absolute atomic E-state index is 0.00964. The number of methoxy groups -OCH3 is 1. The molecule has 8 rings (SSSR count). The van der Waals surface area contributed by atoms with Crippen molar-refractivity contribution < 1.29 is 42.6 Å². The molecule has 1 fully saturated rings. The number of non-ortho nitro benzene ring substituents is 2. The number of benzene rings is 5. The number of amides is 1. The molecule has 0 saturated carbocycles. The molecule has 0 radical (unpaired) electrons. The van der Waals surface area contributed by atoms with Crippen LogP contribution in [0.25, 0.3) is 11.2 Å². The van der Waals surface area contributed by atoms with Gasteiger partial charge < -0.3 is 28.0 Å². The van der Waals surface area contributed by atoms with E-state index in [1.165, 1.54) is 30.6 Å². The lowest BCUT2D eigenvalue weighted by Gasteiger charge is -2.39. The predicted molar refractivity (Wildman–Crippen MR) is 274 cm³/mol. The second-order valence-corrected chi connectivity index (χ2v) is 19.2. The number of carbonyl (C=O) groups is 1. The van der Waals surface area contributed by atoms with E-state index in [0.717, 1.165) is 27.8 Å². The number of fused-ring (bicyclic) bond motifs is 1. The van der Waals surface area contributed by atoms with Crippen LogP contribution in [-0.2, 0) is 41.7 Å². The zero-order chi connectivity index (χ0) is 51.5. The van der Waals surface area contributed by atoms with Crippen molar-refractivity contribution >= 4 is 43.0 Å². The summed E-state index contributed by atoms with van der Waals surface area (Å²) in [6.45, 7) is 8.70. The fraction of sp³-hybridized carbons (Fsp3) is 0.321. The Hall–Kier alpha value is -7.25. The molecule has 0 spiro atoms. The van der Waals surface area contributed by atoms with E-state index < -0.39 is 48.5 Å². The van der Waals surface area contributed by atoms with Crippen molar-refractivity contribution in [2.45, 2.75) is 83.1 Å². The Morgan fingerprint density at radius 3 is 1.89 bits per heavy atom. The van der Waals surface area contributed by atoms with E-state index in [4.69, 9.17) is 28.0 Å². The van der Waals surface area contributed by atoms with Gasteiger partial charge in [0.05, 0.1) is 49.2 Å². The third-order valence-corrected chi connectivity index (χ3v) is 14.5. The predicted octanol–water partition coefficient (Wildman–Crippen LogP) is 10.7. The molecule has 1 N–H and O–H groups in total. The molecule has 1 unspecified atom stereocenters. The minimum atomic E-state index is -1.74. The Morgan fingerprint density at radius 2 is 1.34 bits per heavy atom. The molecule has 1 aliphatic rings. The molecule has 7 aromatic rings. The molecule has 0 aliphatic carbocycles. The summed E-state index contributed by atoms with van der Waals surface area (Å²) in [4.78, 5) is 48.1. The van der Waals surface area contributed by atoms with Gasteiger partial charge in [-0.25, -0.2) is 24.4 Å². The van der Waals surface area contributed by atoms with Gasteiger partial charge in [0.2, 0.25) is 0 Å². The molecule has 4 atom stereocenters. The highest BCUT2D eigenvalue weighted by Gasteiger charge is 2.45. The highest BCUT2D eigenvalue weighted by Crippen LogP contribution is 2.51. The first-order valence-corrected chi connectivity index (χ1v) is 25.0. The van der Waals surface area contributed by atoms with E-state index in [1.54, 1.807) is 42.3 Å². The first-order chi connectivity index (χ1) is 35.3. The molecule has 1 saturated heterocycles. The van der Waals surface area contributed by atoms with Crippen LogP contribution in [0.2, 0.25) is 0 Å². The van der Waals surface area contributed by atoms with Crippen LogP contribution in [0.1, 0.15) is 68.2 Å². The van der Waals surface area contributed by atoms with E-state index >= 15 is 0 Å². The highest BCUT2D eigenvalue weighted by molar-refractivity contribution is 7.44. The number of carbonyl (C=O) groups excluding carboxylic acids is 1. The van der Waals surface area contributed by atoms with Crippen LogP contribution >= 0.6 is 8.53 Å². The Balaban J connectivity index is 1.10. The van der Waals surface area contributed by atoms with Crippen molar-refractivity contribution in [3.8, 4) is 5.75 Å². The first-order valence-electron chi connectivity index (χ1n) is 23.9. The lowest BCUT2D eigenvalue weighted by atomic mass is 9.80. The quantitative estimate of drug-likeness (QED) is 0.0273. The van der Waals surface area contributed by atoms with Crippen molar-refractivity contribution in [3.63, 3.8) is 0 Å². The van der Waals surface area contributed by atoms with E-state index in [9.17, 15) is 25.0 Å². The molecule has 19 nitrogen and oxygen atoms in total. The van der Waals surface area contributed by atoms with Crippen LogP contribution in [-0.4, -0.2) is 91.4 Å². The fourth-order valence-electron chi connectivity index (χ4n) is 8.86. The molecule has 20 heteroatoms. The molecule has 73 heavy (non-hydrogen) atoms. The van der Waals surface area contributed by atoms with E-state index in [2.05, 4.69) is 52.6 Å². The zero-order valence-electron chi connectivity index (χ0n) is 41.1. The van der Waals surface area contributed by atoms with Gasteiger partial charge in [-0.3, -0.25) is 30.1 Å². The molecular formula is C53H57N8O11P. The lowest BCUT2D eigenvalue weighted by Crippen LogP contribution is -2.39. The number of ether oxygens (including phenoxy) is 4. The maximum Gasteiger partial charge on any atom is 0.412 e. The number of nitro benzene ring substituents is 2. The molecule has 5 aromatic carbocycles. The van der Waals surface area contributed by atoms with Crippen LogP contribution in [0.4, 0.5) is 22.0 Å². The number of nitrogens with one attached hydrogen (secondary N) is 1. The zero-order valence-corrected chi connectivity index (χ0v) is 41.9. The van der Waals surface area contributed by atoms with Gasteiger partial charge >= 0.3 is 6.09 Å². The normalized spacial score (nSPS) is 16.2. The second-order valence-electron chi connectivity index (χ2n) is 17.8. The van der Waals surface area contributed by atoms with Crippen molar-refractivity contribution in [1.29, 1.82) is 0 Å². The molecule has 2 aromatic heterocycles. The van der Waals surface area contributed by atoms with E-state index in [-0.39, 0.29) is 49.1 Å². The monoisotopic (exact) mass is 1010 g/mol. The van der Waals surface area contributed by atoms with Crippen molar-refractivity contribution in [2.75, 3.05) is 32.2 Å². The van der Waals surface area contributed by atoms with Crippen molar-refractivity contribution in [2.24, 2.45) is 0 Å². The summed E-state index contributed by atoms with van der Waals surface area (Å²) < 4.78 is 43.3. The summed E-state index contributed by atoms with van der Waals surface area (Å²) in [5.41, 5.74) is 3.83. The van der Waals surface area contributed by atoms with Crippen molar-refractivity contribution in [1.82, 2.24) is 24.2 Å². The van der Waals surface area contributed by atoms with Crippen LogP contribution in [0.5, 0.6) is 5.75 Å². The standard InChI is InChI=1S/C53H57N8O11P/c1-36(2)59(37(3)4)73(70-31-29-39-18-24-44(25-19-39)61(65)66)72-46-32-48(58-35-56-49-50(54-34-55-51(49)58)57-52(62)68-30-28-38-16-22-43(23-17-38)60(63)64)71-47(46)33-69-53(40-12-8-6-9-13-40,41-14-10-7-11-15-41)42-20-26-45(67-5)27-21-42/h6-27,34-37,46-48H,28-33H2,1-5H3,(H,54,55,57,62)/t46-,47+,48+,73?/m0/s1. The average molecular weight is 1010 g/mol. The van der Waals surface area contributed by atoms with Crippen LogP contribution < -0.4 is 10.1 Å². The minimum Gasteiger partial charge on any atom is -0.497 e. The summed E-state index contributed by atoms with van der Waals surface area (Å²) in [7, 11) is -0.114. The third-order valence-electron chi connectivity index (χ3n) is 12.4. The van der Waals surface area contributed by atoms with Crippen LogP contribution in [0.3, 0.4) is 0 Å². The van der Waals surface area contributed by atoms with E-state index in [0.29, 0.717) is 36.2 Å². The van der Waals surface area contributed by atoms with Gasteiger partial charge in [-0.2, -0.15) is 0 Å². The fourth-order valence-corrected chi connectivity index (χ4v) is 10.6. The molecule has 3 heterocycles. The Labute approximate surface area is 423 Å². The summed E-state index contributed by atoms with van der Waals surface area (Å²) in [5.74, 6) is 0.821. The Bertz CT molecular complexity index is 2880. The number of hydrogen-bond acceptors (Lipinski definition) is 15.